The fourth-order valence-electron chi connectivity index (χ4n) is 13.5. The Morgan fingerprint density at radius 3 is 1.51 bits per heavy atom. The van der Waals surface area contributed by atoms with Gasteiger partial charge >= 0.3 is 0 Å². The topological polar surface area (TPSA) is 140 Å². The fourth-order valence-corrected chi connectivity index (χ4v) is 13.5. The summed E-state index contributed by atoms with van der Waals surface area (Å²) >= 11 is 0. The summed E-state index contributed by atoms with van der Waals surface area (Å²) in [5.74, 6) is 1.78. The molecule has 0 atom stereocenters. The lowest BCUT2D eigenvalue weighted by Gasteiger charge is -2.15. The van der Waals surface area contributed by atoms with E-state index in [-0.39, 0.29) is 0 Å². The van der Waals surface area contributed by atoms with E-state index in [0.29, 0.717) is 29.5 Å². The first-order chi connectivity index (χ1) is 46.0. The Kier molecular flexibility index (Phi) is 12.4. The highest BCUT2D eigenvalue weighted by Gasteiger charge is 2.20. The Balaban J connectivity index is 0.652. The summed E-state index contributed by atoms with van der Waals surface area (Å²) in [7, 11) is 0. The minimum absolute atomic E-state index is 0.585. The summed E-state index contributed by atoms with van der Waals surface area (Å²) in [5, 5.41) is 20.1. The number of hydrogen-bond donors (Lipinski definition) is 0. The molecule has 0 unspecified atom stereocenters. The van der Waals surface area contributed by atoms with Gasteiger partial charge in [-0.15, -0.1) is 0 Å². The second-order valence-corrected chi connectivity index (χ2v) is 23.6. The monoisotopic (exact) mass is 1180 g/mol. The Labute approximate surface area is 532 Å². The molecule has 0 radical (unpaired) electrons. The minimum atomic E-state index is 0.585. The molecule has 0 N–H and O–H groups in total. The van der Waals surface area contributed by atoms with E-state index < -0.39 is 0 Å². The largest absolute Gasteiger partial charge is 0.254 e. The van der Waals surface area contributed by atoms with Crippen LogP contribution in [0.5, 0.6) is 0 Å². The van der Waals surface area contributed by atoms with Gasteiger partial charge in [0.25, 0.3) is 0 Å². The summed E-state index contributed by atoms with van der Waals surface area (Å²) in [5.41, 5.74) is 21.0. The molecule has 0 aliphatic rings. The van der Waals surface area contributed by atoms with Gasteiger partial charge < -0.3 is 0 Å². The van der Waals surface area contributed by atoms with Gasteiger partial charge in [0, 0.05) is 83.9 Å². The van der Waals surface area contributed by atoms with Crippen LogP contribution in [-0.2, 0) is 6.42 Å². The Morgan fingerprint density at radius 1 is 0.269 bits per heavy atom. The second kappa shape index (κ2) is 21.7. The van der Waals surface area contributed by atoms with Crippen molar-refractivity contribution in [1.29, 1.82) is 5.26 Å². The van der Waals surface area contributed by atoms with Crippen LogP contribution in [0.15, 0.2) is 279 Å². The molecule has 7 heterocycles. The lowest BCUT2D eigenvalue weighted by molar-refractivity contribution is 1.07. The first kappa shape index (κ1) is 53.2. The first-order valence-corrected chi connectivity index (χ1v) is 30.9. The Hall–Kier alpha value is -12.8. The molecule has 430 valence electrons. The van der Waals surface area contributed by atoms with Crippen LogP contribution in [0.3, 0.4) is 0 Å². The second-order valence-electron chi connectivity index (χ2n) is 23.6. The van der Waals surface area contributed by atoms with Crippen LogP contribution in [0.1, 0.15) is 16.7 Å². The van der Waals surface area contributed by atoms with Gasteiger partial charge in [0.15, 0.2) is 17.5 Å². The highest BCUT2D eigenvalue weighted by molar-refractivity contribution is 6.17. The standard InChI is InChI=1S/C83H48N10/c84-48-51-20-35-74-61(43-51)45-63-47-71(69-18-9-39-87-80(69)78(63)90-74)67-33-32-64(65-15-4-5-16-66(65)67)52-23-29-58(30-24-52)82-91-81(57-11-2-1-3-12-57)92-83(93-82)59-13-6-10-49(41-59)40-50-19-34-73-60(42-50)44-62-46-70(68-17-8-38-86-79(68)77(62)89-73)53-21-25-54(26-22-53)72-36-31-56-28-27-55-14-7-37-85-75(55)76(56)88-72/h1-39,41-47H,40H2. The molecule has 0 aliphatic carbocycles. The van der Waals surface area contributed by atoms with Gasteiger partial charge in [-0.3, -0.25) is 15.0 Å². The molecule has 0 saturated carbocycles. The number of aromatic nitrogens is 9. The number of nitriles is 1. The number of hydrogen-bond acceptors (Lipinski definition) is 10. The molecule has 93 heavy (non-hydrogen) atoms. The quantitative estimate of drug-likeness (QED) is 0.101. The Bertz CT molecular complexity index is 6160. The zero-order valence-corrected chi connectivity index (χ0v) is 49.7. The molecule has 18 aromatic rings. The molecule has 11 aromatic carbocycles. The summed E-state index contributed by atoms with van der Waals surface area (Å²) in [4.78, 5) is 45.4. The molecule has 7 aromatic heterocycles. The predicted molar refractivity (Wildman–Crippen MR) is 376 cm³/mol. The van der Waals surface area contributed by atoms with Gasteiger partial charge in [-0.2, -0.15) is 5.26 Å². The van der Waals surface area contributed by atoms with E-state index in [9.17, 15) is 5.26 Å². The minimum Gasteiger partial charge on any atom is -0.254 e. The maximum absolute atomic E-state index is 9.68. The van der Waals surface area contributed by atoms with Crippen LogP contribution < -0.4 is 0 Å². The number of nitrogens with zero attached hydrogens (tertiary/aromatic N) is 10. The van der Waals surface area contributed by atoms with E-state index >= 15 is 0 Å². The normalized spacial score (nSPS) is 11.7. The molecule has 0 spiro atoms. The molecular weight excluding hydrogens is 1140 g/mol. The van der Waals surface area contributed by atoms with E-state index in [1.54, 1.807) is 0 Å². The Morgan fingerprint density at radius 2 is 0.785 bits per heavy atom. The number of pyridine rings is 6. The molecule has 18 rings (SSSR count). The predicted octanol–water partition coefficient (Wildman–Crippen LogP) is 19.8. The van der Waals surface area contributed by atoms with Crippen molar-refractivity contribution in [3.05, 3.63) is 296 Å². The van der Waals surface area contributed by atoms with Crippen LogP contribution in [0.2, 0.25) is 0 Å². The van der Waals surface area contributed by atoms with Crippen molar-refractivity contribution >= 4 is 98.0 Å². The molecule has 0 saturated heterocycles. The third kappa shape index (κ3) is 9.38. The van der Waals surface area contributed by atoms with Crippen LogP contribution >= 0.6 is 0 Å². The highest BCUT2D eigenvalue weighted by atomic mass is 15.0. The first-order valence-electron chi connectivity index (χ1n) is 30.9. The third-order valence-corrected chi connectivity index (χ3v) is 18.0. The van der Waals surface area contributed by atoms with Crippen molar-refractivity contribution in [1.82, 2.24) is 44.9 Å². The van der Waals surface area contributed by atoms with Gasteiger partial charge in [0.2, 0.25) is 0 Å². The number of fused-ring (bicyclic) bond motifs is 12. The van der Waals surface area contributed by atoms with Crippen molar-refractivity contribution < 1.29 is 0 Å². The molecule has 0 amide bonds. The maximum Gasteiger partial charge on any atom is 0.164 e. The smallest absolute Gasteiger partial charge is 0.164 e. The molecule has 0 bridgehead atoms. The third-order valence-electron chi connectivity index (χ3n) is 18.0. The van der Waals surface area contributed by atoms with Gasteiger partial charge in [-0.05, 0) is 147 Å². The van der Waals surface area contributed by atoms with E-state index in [1.165, 1.54) is 0 Å². The van der Waals surface area contributed by atoms with Gasteiger partial charge in [-0.1, -0.05) is 176 Å². The number of benzene rings is 11. The highest BCUT2D eigenvalue weighted by Crippen LogP contribution is 2.42. The van der Waals surface area contributed by atoms with Gasteiger partial charge in [-0.25, -0.2) is 29.9 Å². The molecular formula is C83H48N10. The average Bonchev–Trinajstić information content (AvgIpc) is 0.847. The average molecular weight is 1190 g/mol. The van der Waals surface area contributed by atoms with Gasteiger partial charge in [0.1, 0.15) is 0 Å². The van der Waals surface area contributed by atoms with E-state index in [1.807, 2.05) is 85.3 Å². The van der Waals surface area contributed by atoms with Crippen molar-refractivity contribution in [2.45, 2.75) is 6.42 Å². The van der Waals surface area contributed by atoms with Crippen molar-refractivity contribution in [2.24, 2.45) is 0 Å². The molecule has 10 heteroatoms. The van der Waals surface area contributed by atoms with Crippen LogP contribution in [0, 0.1) is 11.3 Å². The van der Waals surface area contributed by atoms with E-state index in [4.69, 9.17) is 39.9 Å². The van der Waals surface area contributed by atoms with Crippen molar-refractivity contribution in [3.63, 3.8) is 0 Å². The van der Waals surface area contributed by atoms with Crippen molar-refractivity contribution in [3.8, 4) is 84.9 Å². The lowest BCUT2D eigenvalue weighted by atomic mass is 9.89. The summed E-state index contributed by atoms with van der Waals surface area (Å²) in [6, 6.07) is 92.9. The zero-order chi connectivity index (χ0) is 61.5. The zero-order valence-electron chi connectivity index (χ0n) is 49.7. The van der Waals surface area contributed by atoms with Gasteiger partial charge in [0.05, 0.1) is 61.5 Å². The van der Waals surface area contributed by atoms with Crippen molar-refractivity contribution in [2.75, 3.05) is 0 Å². The van der Waals surface area contributed by atoms with E-state index in [2.05, 4.69) is 205 Å². The summed E-state index contributed by atoms with van der Waals surface area (Å²) in [6.07, 6.45) is 6.19. The summed E-state index contributed by atoms with van der Waals surface area (Å²) < 4.78 is 0. The maximum atomic E-state index is 9.68. The molecule has 10 nitrogen and oxygen atoms in total. The van der Waals surface area contributed by atoms with Crippen LogP contribution in [0.4, 0.5) is 0 Å². The van der Waals surface area contributed by atoms with Crippen LogP contribution in [0.25, 0.3) is 177 Å². The SMILES string of the molecule is N#Cc1ccc2nc3c(cc(-c4ccc(-c5ccc(-c6nc(-c7ccccc7)nc(-c7cccc(Cc8ccc9nc%10c(cc(-c%11ccc(-c%12ccc%13ccc%14cccnc%14c%13n%12)cc%11)c%11cccnc%11%10)cc9c8)c7)n6)cc5)c5ccccc45)c4cccnc43)cc2c1. The fraction of sp³-hybridized carbons (Fsp3) is 0.0120. The number of rotatable bonds is 9. The van der Waals surface area contributed by atoms with Crippen LogP contribution in [-0.4, -0.2) is 44.9 Å². The summed E-state index contributed by atoms with van der Waals surface area (Å²) in [6.45, 7) is 0. The molecule has 0 fully saturated rings. The lowest BCUT2D eigenvalue weighted by Crippen LogP contribution is -2.00. The van der Waals surface area contributed by atoms with E-state index in [0.717, 1.165) is 170 Å². The molecule has 0 aliphatic heterocycles.